The third-order valence-corrected chi connectivity index (χ3v) is 3.73. The number of rotatable bonds is 3. The van der Waals surface area contributed by atoms with Gasteiger partial charge in [0, 0.05) is 4.47 Å². The topological polar surface area (TPSA) is 38.0 Å². The number of alkyl halides is 3. The molecule has 0 fully saturated rings. The quantitative estimate of drug-likeness (QED) is 0.488. The molecule has 0 aliphatic rings. The van der Waals surface area contributed by atoms with Gasteiger partial charge in [0.2, 0.25) is 0 Å². The molecule has 1 atom stereocenters. The van der Waals surface area contributed by atoms with E-state index in [4.69, 9.17) is 5.84 Å². The Morgan fingerprint density at radius 1 is 1.05 bits per heavy atom. The second kappa shape index (κ2) is 6.13. The number of hydrogen-bond acceptors (Lipinski definition) is 2. The van der Waals surface area contributed by atoms with Crippen molar-refractivity contribution in [1.82, 2.24) is 5.43 Å². The molecule has 0 radical (unpaired) electrons. The molecule has 0 saturated carbocycles. The van der Waals surface area contributed by atoms with Crippen LogP contribution >= 0.6 is 15.9 Å². The molecule has 3 N–H and O–H groups in total. The highest BCUT2D eigenvalue weighted by atomic mass is 79.9. The fourth-order valence-corrected chi connectivity index (χ4v) is 2.44. The van der Waals surface area contributed by atoms with Gasteiger partial charge in [-0.2, -0.15) is 13.2 Å². The summed E-state index contributed by atoms with van der Waals surface area (Å²) in [5.74, 6) is 5.01. The standard InChI is InChI=1S/C14H11BrF4N2/c15-12-6-5-10(16)7-11(12)13(21-20)8-1-3-9(4-2-8)14(17,18)19/h1-7,13,21H,20H2. The van der Waals surface area contributed by atoms with Gasteiger partial charge in [-0.15, -0.1) is 0 Å². The van der Waals surface area contributed by atoms with Gasteiger partial charge in [-0.1, -0.05) is 28.1 Å². The molecule has 2 aromatic carbocycles. The SMILES string of the molecule is NNC(c1ccc(C(F)(F)F)cc1)c1cc(F)ccc1Br. The summed E-state index contributed by atoms with van der Waals surface area (Å²) in [6.07, 6.45) is -4.40. The van der Waals surface area contributed by atoms with Crippen molar-refractivity contribution in [3.8, 4) is 0 Å². The maximum Gasteiger partial charge on any atom is 0.416 e. The molecule has 0 amide bonds. The zero-order valence-electron chi connectivity index (χ0n) is 10.6. The van der Waals surface area contributed by atoms with Crippen LogP contribution in [0, 0.1) is 5.82 Å². The molecule has 21 heavy (non-hydrogen) atoms. The molecule has 7 heteroatoms. The van der Waals surface area contributed by atoms with E-state index in [2.05, 4.69) is 21.4 Å². The third kappa shape index (κ3) is 3.61. The lowest BCUT2D eigenvalue weighted by Gasteiger charge is -2.19. The average molecular weight is 363 g/mol. The molecule has 0 bridgehead atoms. The van der Waals surface area contributed by atoms with Crippen molar-refractivity contribution in [2.45, 2.75) is 12.2 Å². The van der Waals surface area contributed by atoms with E-state index in [1.54, 1.807) is 0 Å². The second-order valence-electron chi connectivity index (χ2n) is 4.39. The van der Waals surface area contributed by atoms with Gasteiger partial charge in [0.25, 0.3) is 0 Å². The maximum absolute atomic E-state index is 13.3. The molecule has 2 aromatic rings. The third-order valence-electron chi connectivity index (χ3n) is 3.01. The highest BCUT2D eigenvalue weighted by Crippen LogP contribution is 2.32. The normalized spacial score (nSPS) is 13.2. The van der Waals surface area contributed by atoms with Crippen molar-refractivity contribution >= 4 is 15.9 Å². The number of hydrazine groups is 1. The number of nitrogens with one attached hydrogen (secondary N) is 1. The van der Waals surface area contributed by atoms with Crippen LogP contribution in [0.4, 0.5) is 17.6 Å². The van der Waals surface area contributed by atoms with Gasteiger partial charge in [0.15, 0.2) is 0 Å². The lowest BCUT2D eigenvalue weighted by Crippen LogP contribution is -2.29. The van der Waals surface area contributed by atoms with E-state index in [-0.39, 0.29) is 0 Å². The van der Waals surface area contributed by atoms with E-state index in [0.29, 0.717) is 15.6 Å². The van der Waals surface area contributed by atoms with Gasteiger partial charge < -0.3 is 0 Å². The predicted octanol–water partition coefficient (Wildman–Crippen LogP) is 4.16. The molecule has 1 unspecified atom stereocenters. The lowest BCUT2D eigenvalue weighted by atomic mass is 9.98. The summed E-state index contributed by atoms with van der Waals surface area (Å²) in [4.78, 5) is 0. The minimum atomic E-state index is -4.40. The minimum Gasteiger partial charge on any atom is -0.271 e. The first-order valence-electron chi connectivity index (χ1n) is 5.91. The van der Waals surface area contributed by atoms with Crippen molar-refractivity contribution < 1.29 is 17.6 Å². The molecule has 0 spiro atoms. The van der Waals surface area contributed by atoms with E-state index < -0.39 is 23.6 Å². The fraction of sp³-hybridized carbons (Fsp3) is 0.143. The van der Waals surface area contributed by atoms with Crippen LogP contribution in [0.15, 0.2) is 46.9 Å². The summed E-state index contributed by atoms with van der Waals surface area (Å²) in [5, 5.41) is 0. The Hall–Kier alpha value is -1.44. The van der Waals surface area contributed by atoms with Crippen LogP contribution in [0.3, 0.4) is 0 Å². The Morgan fingerprint density at radius 3 is 2.19 bits per heavy atom. The van der Waals surface area contributed by atoms with Gasteiger partial charge in [-0.3, -0.25) is 5.84 Å². The summed E-state index contributed by atoms with van der Waals surface area (Å²) < 4.78 is 51.6. The first kappa shape index (κ1) is 15.9. The zero-order chi connectivity index (χ0) is 15.6. The van der Waals surface area contributed by atoms with Crippen LogP contribution in [0.1, 0.15) is 22.7 Å². The fourth-order valence-electron chi connectivity index (χ4n) is 1.97. The largest absolute Gasteiger partial charge is 0.416 e. The first-order valence-corrected chi connectivity index (χ1v) is 6.70. The zero-order valence-corrected chi connectivity index (χ0v) is 12.2. The van der Waals surface area contributed by atoms with Crippen molar-refractivity contribution in [2.75, 3.05) is 0 Å². The highest BCUT2D eigenvalue weighted by molar-refractivity contribution is 9.10. The number of benzene rings is 2. The molecule has 2 rings (SSSR count). The number of hydrogen-bond donors (Lipinski definition) is 2. The first-order chi connectivity index (χ1) is 9.82. The summed E-state index contributed by atoms with van der Waals surface area (Å²) >= 11 is 3.27. The Kier molecular flexibility index (Phi) is 4.65. The maximum atomic E-state index is 13.3. The smallest absolute Gasteiger partial charge is 0.271 e. The summed E-state index contributed by atoms with van der Waals surface area (Å²) in [5.41, 5.74) is 2.73. The molecule has 0 aromatic heterocycles. The Bertz CT molecular complexity index is 626. The van der Waals surface area contributed by atoms with Crippen molar-refractivity contribution in [3.63, 3.8) is 0 Å². The van der Waals surface area contributed by atoms with Crippen LogP contribution < -0.4 is 11.3 Å². The van der Waals surface area contributed by atoms with Crippen molar-refractivity contribution in [1.29, 1.82) is 0 Å². The van der Waals surface area contributed by atoms with Crippen LogP contribution in [-0.2, 0) is 6.18 Å². The van der Waals surface area contributed by atoms with E-state index >= 15 is 0 Å². The monoisotopic (exact) mass is 362 g/mol. The Labute approximate surface area is 127 Å². The van der Waals surface area contributed by atoms with Crippen LogP contribution in [-0.4, -0.2) is 0 Å². The Balaban J connectivity index is 2.40. The molecular weight excluding hydrogens is 352 g/mol. The predicted molar refractivity (Wildman–Crippen MR) is 74.7 cm³/mol. The van der Waals surface area contributed by atoms with E-state index in [1.807, 2.05) is 0 Å². The summed E-state index contributed by atoms with van der Waals surface area (Å²) in [6, 6.07) is 7.98. The molecule has 0 saturated heterocycles. The number of nitrogens with two attached hydrogens (primary N) is 1. The van der Waals surface area contributed by atoms with Crippen LogP contribution in [0.2, 0.25) is 0 Å². The molecule has 2 nitrogen and oxygen atoms in total. The van der Waals surface area contributed by atoms with Crippen molar-refractivity contribution in [2.24, 2.45) is 5.84 Å². The summed E-state index contributed by atoms with van der Waals surface area (Å²) in [7, 11) is 0. The van der Waals surface area contributed by atoms with E-state index in [1.165, 1.54) is 30.3 Å². The molecule has 0 heterocycles. The molecular formula is C14H11BrF4N2. The van der Waals surface area contributed by atoms with E-state index in [9.17, 15) is 17.6 Å². The molecule has 112 valence electrons. The van der Waals surface area contributed by atoms with Crippen LogP contribution in [0.25, 0.3) is 0 Å². The van der Waals surface area contributed by atoms with Gasteiger partial charge in [-0.05, 0) is 41.5 Å². The van der Waals surface area contributed by atoms with Gasteiger partial charge in [0.1, 0.15) is 5.82 Å². The minimum absolute atomic E-state index is 0.458. The van der Waals surface area contributed by atoms with Gasteiger partial charge in [0.05, 0.1) is 11.6 Å². The average Bonchev–Trinajstić information content (AvgIpc) is 2.43. The van der Waals surface area contributed by atoms with E-state index in [0.717, 1.165) is 12.1 Å². The van der Waals surface area contributed by atoms with Gasteiger partial charge >= 0.3 is 6.18 Å². The molecule has 0 aliphatic heterocycles. The highest BCUT2D eigenvalue weighted by Gasteiger charge is 2.30. The number of halogens is 5. The Morgan fingerprint density at radius 2 is 1.67 bits per heavy atom. The molecule has 0 aliphatic carbocycles. The lowest BCUT2D eigenvalue weighted by molar-refractivity contribution is -0.137. The van der Waals surface area contributed by atoms with Crippen molar-refractivity contribution in [3.05, 3.63) is 69.4 Å². The summed E-state index contributed by atoms with van der Waals surface area (Å²) in [6.45, 7) is 0. The van der Waals surface area contributed by atoms with Crippen LogP contribution in [0.5, 0.6) is 0 Å². The van der Waals surface area contributed by atoms with Gasteiger partial charge in [-0.25, -0.2) is 9.82 Å². The second-order valence-corrected chi connectivity index (χ2v) is 5.24.